The van der Waals surface area contributed by atoms with E-state index >= 15 is 0 Å². The molecule has 12 heteroatoms. The predicted octanol–water partition coefficient (Wildman–Crippen LogP) is -0.162. The summed E-state index contributed by atoms with van der Waals surface area (Å²) in [7, 11) is -4.06. The minimum Gasteiger partial charge on any atom is -0.481 e. The number of rotatable bonds is 17. The van der Waals surface area contributed by atoms with Gasteiger partial charge in [0.2, 0.25) is 0 Å². The molecule has 0 heterocycles. The van der Waals surface area contributed by atoms with Crippen LogP contribution in [-0.4, -0.2) is 89.6 Å². The monoisotopic (exact) mass is 418 g/mol. The second-order valence-electron chi connectivity index (χ2n) is 5.10. The molecule has 5 N–H and O–H groups in total. The van der Waals surface area contributed by atoms with E-state index in [9.17, 15) is 18.0 Å². The van der Waals surface area contributed by atoms with E-state index < -0.39 is 22.1 Å². The third-order valence-corrected chi connectivity index (χ3v) is 6.41. The van der Waals surface area contributed by atoms with Crippen molar-refractivity contribution >= 4 is 45.6 Å². The molecule has 1 unspecified atom stereocenters. The zero-order valence-electron chi connectivity index (χ0n) is 13.8. The third kappa shape index (κ3) is 19.6. The molecule has 0 saturated heterocycles. The van der Waals surface area contributed by atoms with E-state index in [-0.39, 0.29) is 23.8 Å². The molecule has 9 nitrogen and oxygen atoms in total. The zero-order chi connectivity index (χ0) is 19.1. The normalized spacial score (nSPS) is 12.8. The maximum Gasteiger partial charge on any atom is 0.304 e. The van der Waals surface area contributed by atoms with E-state index in [1.165, 1.54) is 23.5 Å². The molecule has 0 aliphatic heterocycles. The molecule has 25 heavy (non-hydrogen) atoms. The topological polar surface area (TPSA) is 153 Å². The molecular formula is C13H26N2O7S3. The molecule has 148 valence electrons. The average molecular weight is 419 g/mol. The van der Waals surface area contributed by atoms with Crippen molar-refractivity contribution in [2.75, 3.05) is 49.2 Å². The Morgan fingerprint density at radius 1 is 0.920 bits per heavy atom. The van der Waals surface area contributed by atoms with Crippen molar-refractivity contribution in [2.24, 2.45) is 0 Å². The highest BCUT2D eigenvalue weighted by Crippen LogP contribution is 2.18. The van der Waals surface area contributed by atoms with Crippen LogP contribution >= 0.6 is 23.5 Å². The van der Waals surface area contributed by atoms with E-state index in [0.717, 1.165) is 0 Å². The standard InChI is InChI=1S/C13H26N2O7S3/c16-12(17)1-3-14-5-7-23-9-11(10-25(20,21)22)24-8-6-15-4-2-13(18)19/h11,14-15H,1-10H2,(H,16,17)(H,18,19)(H,20,21,22). The molecule has 0 aliphatic rings. The lowest BCUT2D eigenvalue weighted by Crippen LogP contribution is -2.25. The highest BCUT2D eigenvalue weighted by Gasteiger charge is 2.17. The van der Waals surface area contributed by atoms with Crippen LogP contribution in [0.5, 0.6) is 0 Å². The minimum atomic E-state index is -4.06. The Labute approximate surface area is 156 Å². The molecule has 0 aromatic heterocycles. The van der Waals surface area contributed by atoms with Gasteiger partial charge in [-0.15, -0.1) is 0 Å². The van der Waals surface area contributed by atoms with Crippen LogP contribution in [0.3, 0.4) is 0 Å². The predicted molar refractivity (Wildman–Crippen MR) is 100 cm³/mol. The average Bonchev–Trinajstić information content (AvgIpc) is 2.47. The molecular weight excluding hydrogens is 392 g/mol. The Morgan fingerprint density at radius 3 is 1.92 bits per heavy atom. The van der Waals surface area contributed by atoms with E-state index in [4.69, 9.17) is 14.8 Å². The summed E-state index contributed by atoms with van der Waals surface area (Å²) in [4.78, 5) is 20.7. The van der Waals surface area contributed by atoms with Crippen LogP contribution in [0.15, 0.2) is 0 Å². The van der Waals surface area contributed by atoms with Crippen LogP contribution in [0.1, 0.15) is 12.8 Å². The quantitative estimate of drug-likeness (QED) is 0.158. The van der Waals surface area contributed by atoms with Gasteiger partial charge in [-0.1, -0.05) is 0 Å². The van der Waals surface area contributed by atoms with Gasteiger partial charge in [0.1, 0.15) is 0 Å². The Balaban J connectivity index is 3.90. The van der Waals surface area contributed by atoms with Gasteiger partial charge in [0.05, 0.1) is 18.6 Å². The summed E-state index contributed by atoms with van der Waals surface area (Å²) in [6.07, 6.45) is 0.0879. The SMILES string of the molecule is O=C(O)CCNCCSCC(CS(=O)(=O)O)SCCNCCC(=O)O. The molecule has 0 fully saturated rings. The van der Waals surface area contributed by atoms with E-state index in [1.54, 1.807) is 0 Å². The molecule has 0 amide bonds. The zero-order valence-corrected chi connectivity index (χ0v) is 16.3. The maximum atomic E-state index is 11.1. The number of carboxylic acids is 2. The van der Waals surface area contributed by atoms with Crippen LogP contribution in [0.25, 0.3) is 0 Å². The summed E-state index contributed by atoms with van der Waals surface area (Å²) in [6.45, 7) is 1.93. The van der Waals surface area contributed by atoms with Crippen molar-refractivity contribution in [3.05, 3.63) is 0 Å². The van der Waals surface area contributed by atoms with E-state index in [0.29, 0.717) is 43.4 Å². The number of hydrogen-bond donors (Lipinski definition) is 5. The summed E-state index contributed by atoms with van der Waals surface area (Å²) in [5.41, 5.74) is 0. The Kier molecular flexibility index (Phi) is 14.3. The fraction of sp³-hybridized carbons (Fsp3) is 0.846. The second kappa shape index (κ2) is 14.6. The molecule has 0 aromatic rings. The number of carbonyl (C=O) groups is 2. The van der Waals surface area contributed by atoms with Crippen molar-refractivity contribution in [1.29, 1.82) is 0 Å². The van der Waals surface area contributed by atoms with E-state index in [2.05, 4.69) is 10.6 Å². The van der Waals surface area contributed by atoms with Crippen molar-refractivity contribution in [2.45, 2.75) is 18.1 Å². The van der Waals surface area contributed by atoms with Gasteiger partial charge >= 0.3 is 11.9 Å². The molecule has 0 spiro atoms. The fourth-order valence-corrected chi connectivity index (χ4v) is 5.42. The summed E-state index contributed by atoms with van der Waals surface area (Å²) >= 11 is 2.94. The van der Waals surface area contributed by atoms with Gasteiger partial charge in [-0.2, -0.15) is 31.9 Å². The lowest BCUT2D eigenvalue weighted by atomic mass is 10.4. The highest BCUT2D eigenvalue weighted by atomic mass is 32.2. The van der Waals surface area contributed by atoms with E-state index in [1.807, 2.05) is 0 Å². The van der Waals surface area contributed by atoms with Crippen LogP contribution in [0.2, 0.25) is 0 Å². The minimum absolute atomic E-state index is 0.0316. The number of aliphatic carboxylic acids is 2. The number of thioether (sulfide) groups is 2. The summed E-state index contributed by atoms with van der Waals surface area (Å²) in [5.74, 6) is -0.206. The first-order valence-electron chi connectivity index (χ1n) is 7.70. The number of nitrogens with one attached hydrogen (secondary N) is 2. The molecule has 0 bridgehead atoms. The maximum absolute atomic E-state index is 11.1. The first kappa shape index (κ1) is 24.5. The number of hydrogen-bond acceptors (Lipinski definition) is 8. The van der Waals surface area contributed by atoms with Gasteiger partial charge in [-0.3, -0.25) is 14.1 Å². The van der Waals surface area contributed by atoms with Gasteiger partial charge in [-0.25, -0.2) is 0 Å². The van der Waals surface area contributed by atoms with Gasteiger partial charge in [-0.05, 0) is 0 Å². The molecule has 0 saturated carbocycles. The van der Waals surface area contributed by atoms with Crippen molar-refractivity contribution < 1.29 is 32.8 Å². The van der Waals surface area contributed by atoms with Crippen molar-refractivity contribution in [3.8, 4) is 0 Å². The van der Waals surface area contributed by atoms with Gasteiger partial charge in [0.25, 0.3) is 10.1 Å². The van der Waals surface area contributed by atoms with Gasteiger partial charge in [0, 0.05) is 48.7 Å². The molecule has 0 aromatic carbocycles. The summed E-state index contributed by atoms with van der Waals surface area (Å²) < 4.78 is 31.2. The summed E-state index contributed by atoms with van der Waals surface area (Å²) in [5, 5.41) is 22.7. The van der Waals surface area contributed by atoms with Crippen LogP contribution in [-0.2, 0) is 19.7 Å². The first-order valence-corrected chi connectivity index (χ1v) is 11.5. The third-order valence-electron chi connectivity index (χ3n) is 2.79. The van der Waals surface area contributed by atoms with Crippen LogP contribution in [0.4, 0.5) is 0 Å². The highest BCUT2D eigenvalue weighted by molar-refractivity contribution is 8.04. The summed E-state index contributed by atoms with van der Waals surface area (Å²) in [6, 6.07) is 0. The number of carboxylic acid groups (broad SMARTS) is 2. The van der Waals surface area contributed by atoms with Crippen LogP contribution < -0.4 is 10.6 Å². The Bertz CT molecular complexity index is 488. The van der Waals surface area contributed by atoms with Gasteiger partial charge < -0.3 is 20.8 Å². The van der Waals surface area contributed by atoms with Crippen molar-refractivity contribution in [3.63, 3.8) is 0 Å². The Hall–Kier alpha value is -0.530. The largest absolute Gasteiger partial charge is 0.481 e. The molecule has 0 radical (unpaired) electrons. The second-order valence-corrected chi connectivity index (χ2v) is 9.16. The molecule has 0 rings (SSSR count). The van der Waals surface area contributed by atoms with Crippen LogP contribution in [0, 0.1) is 0 Å². The first-order chi connectivity index (χ1) is 11.7. The lowest BCUT2D eigenvalue weighted by Gasteiger charge is -2.15. The fourth-order valence-electron chi connectivity index (χ4n) is 1.68. The molecule has 0 aliphatic carbocycles. The van der Waals surface area contributed by atoms with Gasteiger partial charge in [0.15, 0.2) is 0 Å². The molecule has 1 atom stereocenters. The lowest BCUT2D eigenvalue weighted by molar-refractivity contribution is -0.137. The Morgan fingerprint density at radius 2 is 1.44 bits per heavy atom. The van der Waals surface area contributed by atoms with Crippen molar-refractivity contribution in [1.82, 2.24) is 10.6 Å². The smallest absolute Gasteiger partial charge is 0.304 e.